The molecule has 6 heteroatoms. The number of nitrogens with one attached hydrogen (secondary N) is 1. The minimum Gasteiger partial charge on any atom is -0.507 e. The fourth-order valence-corrected chi connectivity index (χ4v) is 1.45. The molecular formula is C11H12N4O2. The SMILES string of the molecule is Cn1ncc(N)c1NC(=O)c1ccccc1O. The number of anilines is 2. The monoisotopic (exact) mass is 232 g/mol. The van der Waals surface area contributed by atoms with Crippen molar-refractivity contribution in [3.63, 3.8) is 0 Å². The third-order valence-electron chi connectivity index (χ3n) is 2.35. The normalized spacial score (nSPS) is 10.2. The molecule has 0 spiro atoms. The average molecular weight is 232 g/mol. The number of hydrogen-bond acceptors (Lipinski definition) is 4. The highest BCUT2D eigenvalue weighted by Crippen LogP contribution is 2.20. The molecular weight excluding hydrogens is 220 g/mol. The maximum absolute atomic E-state index is 11.9. The predicted octanol–water partition coefficient (Wildman–Crippen LogP) is 0.960. The van der Waals surface area contributed by atoms with Gasteiger partial charge in [-0.05, 0) is 12.1 Å². The van der Waals surface area contributed by atoms with Crippen LogP contribution in [0.15, 0.2) is 30.5 Å². The van der Waals surface area contributed by atoms with Crippen LogP contribution < -0.4 is 11.1 Å². The summed E-state index contributed by atoms with van der Waals surface area (Å²) in [5.41, 5.74) is 6.20. The topological polar surface area (TPSA) is 93.2 Å². The van der Waals surface area contributed by atoms with Crippen molar-refractivity contribution in [3.05, 3.63) is 36.0 Å². The lowest BCUT2D eigenvalue weighted by atomic mass is 10.2. The van der Waals surface area contributed by atoms with Crippen LogP contribution in [-0.2, 0) is 7.05 Å². The Morgan fingerprint density at radius 1 is 1.47 bits per heavy atom. The Kier molecular flexibility index (Phi) is 2.70. The lowest BCUT2D eigenvalue weighted by Crippen LogP contribution is -2.15. The number of amides is 1. The van der Waals surface area contributed by atoms with Gasteiger partial charge in [-0.2, -0.15) is 5.10 Å². The van der Waals surface area contributed by atoms with Gasteiger partial charge in [0.1, 0.15) is 5.75 Å². The largest absolute Gasteiger partial charge is 0.507 e. The number of hydrogen-bond donors (Lipinski definition) is 3. The number of phenolic OH excluding ortho intramolecular Hbond substituents is 1. The maximum Gasteiger partial charge on any atom is 0.260 e. The molecule has 0 aliphatic heterocycles. The number of aromatic hydroxyl groups is 1. The minimum atomic E-state index is -0.432. The number of aromatic nitrogens is 2. The van der Waals surface area contributed by atoms with Crippen LogP contribution in [0.2, 0.25) is 0 Å². The van der Waals surface area contributed by atoms with Gasteiger partial charge in [-0.1, -0.05) is 12.1 Å². The Morgan fingerprint density at radius 2 is 2.18 bits per heavy atom. The number of rotatable bonds is 2. The van der Waals surface area contributed by atoms with Gasteiger partial charge in [-0.3, -0.25) is 9.48 Å². The average Bonchev–Trinajstić information content (AvgIpc) is 2.61. The molecule has 1 aromatic carbocycles. The number of aryl methyl sites for hydroxylation is 1. The quantitative estimate of drug-likeness (QED) is 0.719. The Bertz CT molecular complexity index is 543. The molecule has 1 aromatic heterocycles. The molecule has 6 nitrogen and oxygen atoms in total. The fourth-order valence-electron chi connectivity index (χ4n) is 1.45. The number of nitrogens with two attached hydrogens (primary N) is 1. The Morgan fingerprint density at radius 3 is 2.76 bits per heavy atom. The second kappa shape index (κ2) is 4.17. The first-order chi connectivity index (χ1) is 8.09. The summed E-state index contributed by atoms with van der Waals surface area (Å²) in [5.74, 6) is -0.109. The Balaban J connectivity index is 2.27. The Hall–Kier alpha value is -2.50. The van der Waals surface area contributed by atoms with E-state index >= 15 is 0 Å². The predicted molar refractivity (Wildman–Crippen MR) is 63.7 cm³/mol. The molecule has 0 aliphatic rings. The lowest BCUT2D eigenvalue weighted by molar-refractivity contribution is 0.102. The zero-order valence-electron chi connectivity index (χ0n) is 9.21. The van der Waals surface area contributed by atoms with Gasteiger partial charge >= 0.3 is 0 Å². The molecule has 0 radical (unpaired) electrons. The highest BCUT2D eigenvalue weighted by atomic mass is 16.3. The lowest BCUT2D eigenvalue weighted by Gasteiger charge is -2.07. The molecule has 0 saturated heterocycles. The van der Waals surface area contributed by atoms with Crippen molar-refractivity contribution in [2.75, 3.05) is 11.1 Å². The first-order valence-corrected chi connectivity index (χ1v) is 4.96. The summed E-state index contributed by atoms with van der Waals surface area (Å²) in [6.45, 7) is 0. The molecule has 0 bridgehead atoms. The van der Waals surface area contributed by atoms with E-state index in [0.717, 1.165) is 0 Å². The number of benzene rings is 1. The third-order valence-corrected chi connectivity index (χ3v) is 2.35. The summed E-state index contributed by atoms with van der Waals surface area (Å²) >= 11 is 0. The van der Waals surface area contributed by atoms with Gasteiger partial charge in [-0.15, -0.1) is 0 Å². The summed E-state index contributed by atoms with van der Waals surface area (Å²) in [6, 6.07) is 6.28. The number of carbonyl (C=O) groups excluding carboxylic acids is 1. The molecule has 0 aliphatic carbocycles. The summed E-state index contributed by atoms with van der Waals surface area (Å²) in [4.78, 5) is 11.9. The van der Waals surface area contributed by atoms with Crippen molar-refractivity contribution < 1.29 is 9.90 Å². The first-order valence-electron chi connectivity index (χ1n) is 4.96. The van der Waals surface area contributed by atoms with Crippen LogP contribution in [0.1, 0.15) is 10.4 Å². The second-order valence-electron chi connectivity index (χ2n) is 3.54. The smallest absolute Gasteiger partial charge is 0.260 e. The standard InChI is InChI=1S/C11H12N4O2/c1-15-10(8(12)6-13-15)14-11(17)7-4-2-3-5-9(7)16/h2-6,16H,12H2,1H3,(H,14,17). The van der Waals surface area contributed by atoms with Crippen molar-refractivity contribution in [2.24, 2.45) is 7.05 Å². The molecule has 1 heterocycles. The van der Waals surface area contributed by atoms with E-state index in [1.54, 1.807) is 19.2 Å². The van der Waals surface area contributed by atoms with E-state index in [9.17, 15) is 9.90 Å². The van der Waals surface area contributed by atoms with Crippen LogP contribution in [0.4, 0.5) is 11.5 Å². The molecule has 0 atom stereocenters. The van der Waals surface area contributed by atoms with E-state index in [0.29, 0.717) is 11.5 Å². The summed E-state index contributed by atoms with van der Waals surface area (Å²) in [6.07, 6.45) is 1.44. The van der Waals surface area contributed by atoms with E-state index in [2.05, 4.69) is 10.4 Å². The molecule has 0 saturated carbocycles. The van der Waals surface area contributed by atoms with Crippen molar-refractivity contribution in [3.8, 4) is 5.75 Å². The Labute approximate surface area is 97.7 Å². The third kappa shape index (κ3) is 2.05. The summed E-state index contributed by atoms with van der Waals surface area (Å²) in [7, 11) is 1.66. The number of nitrogens with zero attached hydrogens (tertiary/aromatic N) is 2. The number of para-hydroxylation sites is 1. The molecule has 1 amide bonds. The zero-order chi connectivity index (χ0) is 12.4. The van der Waals surface area contributed by atoms with E-state index in [4.69, 9.17) is 5.73 Å². The van der Waals surface area contributed by atoms with Crippen LogP contribution in [0.3, 0.4) is 0 Å². The van der Waals surface area contributed by atoms with Crippen LogP contribution in [0, 0.1) is 0 Å². The van der Waals surface area contributed by atoms with Crippen LogP contribution in [-0.4, -0.2) is 20.8 Å². The minimum absolute atomic E-state index is 0.0780. The number of nitrogen functional groups attached to an aromatic ring is 1. The maximum atomic E-state index is 11.9. The van der Waals surface area contributed by atoms with Crippen LogP contribution >= 0.6 is 0 Å². The highest BCUT2D eigenvalue weighted by molar-refractivity contribution is 6.06. The van der Waals surface area contributed by atoms with Gasteiger partial charge in [0.2, 0.25) is 0 Å². The molecule has 2 rings (SSSR count). The second-order valence-corrected chi connectivity index (χ2v) is 3.54. The van der Waals surface area contributed by atoms with Crippen LogP contribution in [0.5, 0.6) is 5.75 Å². The van der Waals surface area contributed by atoms with Crippen molar-refractivity contribution in [1.82, 2.24) is 9.78 Å². The van der Waals surface area contributed by atoms with Gasteiger partial charge in [0.05, 0.1) is 17.4 Å². The zero-order valence-corrected chi connectivity index (χ0v) is 9.21. The fraction of sp³-hybridized carbons (Fsp3) is 0.0909. The number of carbonyl (C=O) groups is 1. The summed E-state index contributed by atoms with van der Waals surface area (Å²) in [5, 5.41) is 16.0. The molecule has 0 fully saturated rings. The first kappa shape index (κ1) is 11.0. The van der Waals surface area contributed by atoms with Crippen LogP contribution in [0.25, 0.3) is 0 Å². The molecule has 2 aromatic rings. The van der Waals surface area contributed by atoms with Gasteiger partial charge in [0.15, 0.2) is 5.82 Å². The van der Waals surface area contributed by atoms with Crippen molar-refractivity contribution >= 4 is 17.4 Å². The van der Waals surface area contributed by atoms with Crippen molar-refractivity contribution in [1.29, 1.82) is 0 Å². The van der Waals surface area contributed by atoms with Gasteiger partial charge < -0.3 is 16.2 Å². The molecule has 0 unspecified atom stereocenters. The van der Waals surface area contributed by atoms with E-state index in [-0.39, 0.29) is 11.3 Å². The number of phenols is 1. The highest BCUT2D eigenvalue weighted by Gasteiger charge is 2.14. The van der Waals surface area contributed by atoms with E-state index in [1.165, 1.54) is 23.0 Å². The van der Waals surface area contributed by atoms with E-state index < -0.39 is 5.91 Å². The van der Waals surface area contributed by atoms with Crippen molar-refractivity contribution in [2.45, 2.75) is 0 Å². The summed E-state index contributed by atoms with van der Waals surface area (Å²) < 4.78 is 1.45. The molecule has 4 N–H and O–H groups in total. The van der Waals surface area contributed by atoms with Gasteiger partial charge in [0, 0.05) is 7.05 Å². The van der Waals surface area contributed by atoms with Gasteiger partial charge in [-0.25, -0.2) is 0 Å². The molecule has 17 heavy (non-hydrogen) atoms. The van der Waals surface area contributed by atoms with Gasteiger partial charge in [0.25, 0.3) is 5.91 Å². The van der Waals surface area contributed by atoms with E-state index in [1.807, 2.05) is 0 Å². The molecule has 88 valence electrons.